The predicted octanol–water partition coefficient (Wildman–Crippen LogP) is 10.4. The number of fused-ring (bicyclic) bond motifs is 3. The second kappa shape index (κ2) is 14.0. The first-order valence-electron chi connectivity index (χ1n) is 16.1. The number of aryl methyl sites for hydroxylation is 2. The van der Waals surface area contributed by atoms with Crippen LogP contribution in [0.1, 0.15) is 63.8 Å². The molecule has 0 bridgehead atoms. The molecule has 0 saturated heterocycles. The molecule has 247 valence electrons. The second-order valence-electron chi connectivity index (χ2n) is 15.7. The summed E-state index contributed by atoms with van der Waals surface area (Å²) in [6, 6.07) is 25.5. The molecule has 47 heavy (non-hydrogen) atoms. The van der Waals surface area contributed by atoms with Gasteiger partial charge in [0.25, 0.3) is 0 Å². The summed E-state index contributed by atoms with van der Waals surface area (Å²) in [4.78, 5) is 13.8. The number of benzene rings is 2. The van der Waals surface area contributed by atoms with E-state index in [1.54, 1.807) is 0 Å². The molecule has 0 saturated carbocycles. The van der Waals surface area contributed by atoms with Gasteiger partial charge in [-0.25, -0.2) is 4.98 Å². The van der Waals surface area contributed by atoms with E-state index in [0.717, 1.165) is 39.9 Å². The first-order valence-corrected chi connectivity index (χ1v) is 19.6. The van der Waals surface area contributed by atoms with Crippen LogP contribution in [0.2, 0.25) is 19.6 Å². The standard InChI is InChI=1S/C28H35N2OSi.C13H12N.Ir/c1-27(2,3)16-18-12-13-29-22(14-18)20-10-11-23(32(7,8)9)24-21-15-19(28(4,5)6)17-30-26(21)31-25(20)24;1-10-8-13(14-9-11(10)2)12-6-4-3-5-7-12;/h11-15,17H,16H2,1-9H3;3-6,8-9H,1-2H3;/q2*-1;. The van der Waals surface area contributed by atoms with Gasteiger partial charge in [0.15, 0.2) is 0 Å². The van der Waals surface area contributed by atoms with Gasteiger partial charge in [-0.15, -0.1) is 53.2 Å². The topological polar surface area (TPSA) is 51.8 Å². The van der Waals surface area contributed by atoms with Crippen LogP contribution in [-0.4, -0.2) is 23.0 Å². The van der Waals surface area contributed by atoms with E-state index >= 15 is 0 Å². The number of furan rings is 1. The van der Waals surface area contributed by atoms with Crippen LogP contribution < -0.4 is 5.19 Å². The molecular weight excluding hydrogens is 771 g/mol. The zero-order chi connectivity index (χ0) is 33.4. The third-order valence-corrected chi connectivity index (χ3v) is 10.3. The Morgan fingerprint density at radius 2 is 1.55 bits per heavy atom. The van der Waals surface area contributed by atoms with Crippen LogP contribution in [0.5, 0.6) is 0 Å². The maximum atomic E-state index is 6.42. The number of rotatable bonds is 4. The van der Waals surface area contributed by atoms with E-state index in [9.17, 15) is 0 Å². The van der Waals surface area contributed by atoms with E-state index in [2.05, 4.69) is 122 Å². The minimum absolute atomic E-state index is 0. The van der Waals surface area contributed by atoms with Crippen LogP contribution in [-0.2, 0) is 31.9 Å². The Labute approximate surface area is 295 Å². The monoisotopic (exact) mass is 818 g/mol. The van der Waals surface area contributed by atoms with Gasteiger partial charge in [-0.05, 0) is 65.7 Å². The molecule has 0 atom stereocenters. The summed E-state index contributed by atoms with van der Waals surface area (Å²) in [6.45, 7) is 24.7. The number of aromatic nitrogens is 3. The van der Waals surface area contributed by atoms with Crippen molar-refractivity contribution in [1.29, 1.82) is 0 Å². The smallest absolute Gasteiger partial charge is 0.216 e. The third kappa shape index (κ3) is 8.54. The van der Waals surface area contributed by atoms with Crippen molar-refractivity contribution < 1.29 is 24.5 Å². The fraction of sp³-hybridized carbons (Fsp3) is 0.341. The van der Waals surface area contributed by atoms with E-state index in [1.807, 2.05) is 42.9 Å². The van der Waals surface area contributed by atoms with Gasteiger partial charge < -0.3 is 14.4 Å². The number of hydrogen-bond donors (Lipinski definition) is 0. The van der Waals surface area contributed by atoms with Gasteiger partial charge in [0.1, 0.15) is 0 Å². The number of hydrogen-bond acceptors (Lipinski definition) is 4. The molecule has 4 nitrogen and oxygen atoms in total. The van der Waals surface area contributed by atoms with E-state index in [4.69, 9.17) is 14.4 Å². The molecule has 4 heterocycles. The third-order valence-electron chi connectivity index (χ3n) is 8.25. The summed E-state index contributed by atoms with van der Waals surface area (Å²) < 4.78 is 6.42. The number of nitrogens with zero attached hydrogens (tertiary/aromatic N) is 3. The van der Waals surface area contributed by atoms with Crippen molar-refractivity contribution in [3.8, 4) is 22.5 Å². The van der Waals surface area contributed by atoms with Crippen LogP contribution in [0.4, 0.5) is 0 Å². The van der Waals surface area contributed by atoms with Crippen LogP contribution in [0.15, 0.2) is 77.6 Å². The zero-order valence-electron chi connectivity index (χ0n) is 29.7. The molecule has 6 heteroatoms. The average Bonchev–Trinajstić information content (AvgIpc) is 3.36. The van der Waals surface area contributed by atoms with Gasteiger partial charge in [0, 0.05) is 52.2 Å². The van der Waals surface area contributed by atoms with Crippen molar-refractivity contribution in [2.75, 3.05) is 0 Å². The molecule has 6 aromatic rings. The van der Waals surface area contributed by atoms with E-state index in [1.165, 1.54) is 32.8 Å². The molecule has 0 spiro atoms. The molecule has 2 aromatic carbocycles. The van der Waals surface area contributed by atoms with Crippen LogP contribution in [0.3, 0.4) is 0 Å². The summed E-state index contributed by atoms with van der Waals surface area (Å²) in [7, 11) is -1.65. The van der Waals surface area contributed by atoms with Gasteiger partial charge in [-0.3, -0.25) is 0 Å². The Balaban J connectivity index is 0.000000279. The summed E-state index contributed by atoms with van der Waals surface area (Å²) in [5.74, 6) is 0. The van der Waals surface area contributed by atoms with E-state index < -0.39 is 8.07 Å². The van der Waals surface area contributed by atoms with Crippen molar-refractivity contribution >= 4 is 35.3 Å². The van der Waals surface area contributed by atoms with Gasteiger partial charge in [-0.2, -0.15) is 0 Å². The first kappa shape index (κ1) is 36.4. The molecule has 0 aliphatic heterocycles. The van der Waals surface area contributed by atoms with Crippen LogP contribution in [0.25, 0.3) is 44.6 Å². The van der Waals surface area contributed by atoms with Crippen molar-refractivity contribution in [3.63, 3.8) is 0 Å². The van der Waals surface area contributed by atoms with Crippen LogP contribution >= 0.6 is 0 Å². The van der Waals surface area contributed by atoms with Crippen LogP contribution in [0, 0.1) is 31.4 Å². The first-order chi connectivity index (χ1) is 21.5. The van der Waals surface area contributed by atoms with Crippen molar-refractivity contribution in [2.45, 2.75) is 86.9 Å². The average molecular weight is 818 g/mol. The van der Waals surface area contributed by atoms with Crippen molar-refractivity contribution in [1.82, 2.24) is 15.0 Å². The molecule has 0 aliphatic rings. The summed E-state index contributed by atoms with van der Waals surface area (Å²) in [5.41, 5.74) is 10.7. The maximum absolute atomic E-state index is 6.42. The second-order valence-corrected chi connectivity index (χ2v) is 20.7. The van der Waals surface area contributed by atoms with Gasteiger partial charge in [0.2, 0.25) is 5.71 Å². The van der Waals surface area contributed by atoms with Gasteiger partial charge in [0.05, 0.1) is 5.58 Å². The predicted molar refractivity (Wildman–Crippen MR) is 196 cm³/mol. The Hall–Kier alpha value is -3.44. The summed E-state index contributed by atoms with van der Waals surface area (Å²) in [6.07, 6.45) is 6.76. The fourth-order valence-electron chi connectivity index (χ4n) is 5.56. The van der Waals surface area contributed by atoms with E-state index in [-0.39, 0.29) is 30.9 Å². The Kier molecular flexibility index (Phi) is 10.8. The SMILES string of the molecule is CC(C)(C)Cc1ccnc(-c2[c-]cc([Si](C)(C)C)c3c2oc2ncc(C(C)(C)C)cc23)c1.Cc1cnc(-c2[c-]cccc2)cc1C.[Ir]. The largest absolute Gasteiger partial charge is 0.486 e. The Morgan fingerprint density at radius 3 is 2.17 bits per heavy atom. The minimum Gasteiger partial charge on any atom is -0.486 e. The Morgan fingerprint density at radius 1 is 0.809 bits per heavy atom. The maximum Gasteiger partial charge on any atom is 0.216 e. The van der Waals surface area contributed by atoms with Crippen molar-refractivity contribution in [3.05, 3.63) is 108 Å². The van der Waals surface area contributed by atoms with Gasteiger partial charge in [-0.1, -0.05) is 95.4 Å². The van der Waals surface area contributed by atoms with E-state index in [0.29, 0.717) is 5.71 Å². The molecule has 6 rings (SSSR count). The Bertz CT molecular complexity index is 1990. The van der Waals surface area contributed by atoms with Gasteiger partial charge >= 0.3 is 0 Å². The molecule has 0 unspecified atom stereocenters. The molecule has 0 amide bonds. The quantitative estimate of drug-likeness (QED) is 0.131. The summed E-state index contributed by atoms with van der Waals surface area (Å²) >= 11 is 0. The molecule has 1 radical (unpaired) electrons. The fourth-order valence-corrected chi connectivity index (χ4v) is 7.06. The molecule has 0 fully saturated rings. The molecule has 4 aromatic heterocycles. The minimum atomic E-state index is -1.65. The summed E-state index contributed by atoms with van der Waals surface area (Å²) in [5, 5.41) is 3.65. The number of pyridine rings is 3. The molecular formula is C41H47IrN3OSi-2. The molecule has 0 aliphatic carbocycles. The van der Waals surface area contributed by atoms with Crippen molar-refractivity contribution in [2.24, 2.45) is 5.41 Å². The zero-order valence-corrected chi connectivity index (χ0v) is 33.1. The normalized spacial score (nSPS) is 12.1. The molecule has 0 N–H and O–H groups in total.